The van der Waals surface area contributed by atoms with Gasteiger partial charge in [-0.15, -0.1) is 0 Å². The van der Waals surface area contributed by atoms with Crippen LogP contribution in [0, 0.1) is 0 Å². The molecule has 6 nitrogen and oxygen atoms in total. The lowest BCUT2D eigenvalue weighted by atomic mass is 10.2. The molecule has 0 heterocycles. The van der Waals surface area contributed by atoms with Crippen molar-refractivity contribution in [3.8, 4) is 11.5 Å². The molecule has 126 valence electrons. The largest absolute Gasteiger partial charge is 0.493 e. The molecule has 0 radical (unpaired) electrons. The van der Waals surface area contributed by atoms with Crippen LogP contribution in [0.4, 0.5) is 0 Å². The Hall–Kier alpha value is -3.02. The van der Waals surface area contributed by atoms with E-state index < -0.39 is 0 Å². The summed E-state index contributed by atoms with van der Waals surface area (Å²) in [5.74, 6) is 0.381. The summed E-state index contributed by atoms with van der Waals surface area (Å²) in [6, 6.07) is 14.4. The highest BCUT2D eigenvalue weighted by molar-refractivity contribution is 5.97. The van der Waals surface area contributed by atoms with Crippen molar-refractivity contribution >= 4 is 11.8 Å². The van der Waals surface area contributed by atoms with E-state index in [1.807, 2.05) is 30.3 Å². The molecule has 0 fully saturated rings. The summed E-state index contributed by atoms with van der Waals surface area (Å²) >= 11 is 0. The topological polar surface area (TPSA) is 76.7 Å². The van der Waals surface area contributed by atoms with Crippen LogP contribution in [0.2, 0.25) is 0 Å². The lowest BCUT2D eigenvalue weighted by Crippen LogP contribution is -2.36. The second-order valence-electron chi connectivity index (χ2n) is 5.01. The normalized spacial score (nSPS) is 9.92. The Labute approximate surface area is 140 Å². The molecule has 0 bridgehead atoms. The van der Waals surface area contributed by atoms with Crippen molar-refractivity contribution in [2.75, 3.05) is 20.8 Å². The third-order valence-corrected chi connectivity index (χ3v) is 3.39. The second kappa shape index (κ2) is 8.57. The van der Waals surface area contributed by atoms with Gasteiger partial charge in [-0.25, -0.2) is 0 Å². The van der Waals surface area contributed by atoms with Gasteiger partial charge < -0.3 is 20.1 Å². The van der Waals surface area contributed by atoms with Crippen molar-refractivity contribution in [2.45, 2.75) is 6.54 Å². The van der Waals surface area contributed by atoms with Gasteiger partial charge in [0.2, 0.25) is 5.91 Å². The number of methoxy groups -OCH3 is 2. The minimum absolute atomic E-state index is 0.0972. The minimum Gasteiger partial charge on any atom is -0.493 e. The number of amides is 2. The maximum Gasteiger partial charge on any atom is 0.251 e. The van der Waals surface area contributed by atoms with Crippen LogP contribution in [-0.4, -0.2) is 32.6 Å². The van der Waals surface area contributed by atoms with Crippen LogP contribution in [0.5, 0.6) is 11.5 Å². The maximum absolute atomic E-state index is 12.1. The van der Waals surface area contributed by atoms with Crippen molar-refractivity contribution < 1.29 is 19.1 Å². The summed E-state index contributed by atoms with van der Waals surface area (Å²) in [4.78, 5) is 23.9. The van der Waals surface area contributed by atoms with Crippen LogP contribution < -0.4 is 20.1 Å². The summed E-state index contributed by atoms with van der Waals surface area (Å²) in [6.07, 6.45) is 0. The molecule has 24 heavy (non-hydrogen) atoms. The SMILES string of the molecule is COc1ccc(C(=O)NCC(=O)NCc2ccccc2)cc1OC. The van der Waals surface area contributed by atoms with E-state index in [0.29, 0.717) is 23.6 Å². The quantitative estimate of drug-likeness (QED) is 0.812. The monoisotopic (exact) mass is 328 g/mol. The first kappa shape index (κ1) is 17.3. The number of nitrogens with one attached hydrogen (secondary N) is 2. The molecule has 0 unspecified atom stereocenters. The van der Waals surface area contributed by atoms with Gasteiger partial charge >= 0.3 is 0 Å². The molecule has 2 aromatic carbocycles. The van der Waals surface area contributed by atoms with Crippen molar-refractivity contribution in [3.63, 3.8) is 0 Å². The van der Waals surface area contributed by atoms with Crippen LogP contribution in [0.3, 0.4) is 0 Å². The van der Waals surface area contributed by atoms with Gasteiger partial charge in [0.1, 0.15) is 0 Å². The summed E-state index contributed by atoms with van der Waals surface area (Å²) in [5, 5.41) is 5.32. The summed E-state index contributed by atoms with van der Waals surface area (Å²) in [5.41, 5.74) is 1.39. The molecule has 0 aliphatic rings. The highest BCUT2D eigenvalue weighted by Gasteiger charge is 2.11. The molecule has 0 aliphatic heterocycles. The number of carbonyl (C=O) groups excluding carboxylic acids is 2. The molecule has 0 saturated heterocycles. The molecule has 2 aromatic rings. The Morgan fingerprint density at radius 2 is 1.62 bits per heavy atom. The smallest absolute Gasteiger partial charge is 0.251 e. The first-order chi connectivity index (χ1) is 11.6. The van der Waals surface area contributed by atoms with E-state index in [1.165, 1.54) is 14.2 Å². The minimum atomic E-state index is -0.356. The van der Waals surface area contributed by atoms with E-state index in [4.69, 9.17) is 9.47 Å². The summed E-state index contributed by atoms with van der Waals surface area (Å²) < 4.78 is 10.3. The van der Waals surface area contributed by atoms with Gasteiger partial charge in [0.05, 0.1) is 20.8 Å². The van der Waals surface area contributed by atoms with Gasteiger partial charge in [-0.1, -0.05) is 30.3 Å². The lowest BCUT2D eigenvalue weighted by Gasteiger charge is -2.10. The molecule has 0 aliphatic carbocycles. The van der Waals surface area contributed by atoms with E-state index in [0.717, 1.165) is 5.56 Å². The summed E-state index contributed by atoms with van der Waals surface area (Å²) in [7, 11) is 3.02. The van der Waals surface area contributed by atoms with Crippen molar-refractivity contribution in [1.29, 1.82) is 0 Å². The fraction of sp³-hybridized carbons (Fsp3) is 0.222. The zero-order valence-electron chi connectivity index (χ0n) is 13.7. The number of ether oxygens (including phenoxy) is 2. The molecule has 0 saturated carbocycles. The van der Waals surface area contributed by atoms with Crippen LogP contribution in [0.15, 0.2) is 48.5 Å². The fourth-order valence-corrected chi connectivity index (χ4v) is 2.10. The number of hydrogen-bond donors (Lipinski definition) is 2. The van der Waals surface area contributed by atoms with Crippen molar-refractivity contribution in [3.05, 3.63) is 59.7 Å². The zero-order chi connectivity index (χ0) is 17.4. The van der Waals surface area contributed by atoms with Crippen LogP contribution in [0.1, 0.15) is 15.9 Å². The first-order valence-electron chi connectivity index (χ1n) is 7.45. The van der Waals surface area contributed by atoms with Gasteiger partial charge in [0, 0.05) is 12.1 Å². The van der Waals surface area contributed by atoms with Crippen LogP contribution in [0.25, 0.3) is 0 Å². The predicted octanol–water partition coefficient (Wildman–Crippen LogP) is 1.75. The van der Waals surface area contributed by atoms with Gasteiger partial charge in [-0.2, -0.15) is 0 Å². The average Bonchev–Trinajstić information content (AvgIpc) is 2.64. The van der Waals surface area contributed by atoms with E-state index in [2.05, 4.69) is 10.6 Å². The van der Waals surface area contributed by atoms with E-state index >= 15 is 0 Å². The van der Waals surface area contributed by atoms with Crippen LogP contribution in [-0.2, 0) is 11.3 Å². The number of hydrogen-bond acceptors (Lipinski definition) is 4. The first-order valence-corrected chi connectivity index (χ1v) is 7.45. The Bertz CT molecular complexity index is 701. The van der Waals surface area contributed by atoms with Crippen LogP contribution >= 0.6 is 0 Å². The highest BCUT2D eigenvalue weighted by Crippen LogP contribution is 2.27. The Balaban J connectivity index is 1.85. The number of benzene rings is 2. The molecule has 2 N–H and O–H groups in total. The fourth-order valence-electron chi connectivity index (χ4n) is 2.10. The molecule has 0 spiro atoms. The number of carbonyl (C=O) groups is 2. The molecule has 6 heteroatoms. The number of rotatable bonds is 7. The molecule has 0 atom stereocenters. The Kier molecular flexibility index (Phi) is 6.19. The van der Waals surface area contributed by atoms with Crippen molar-refractivity contribution in [2.24, 2.45) is 0 Å². The third-order valence-electron chi connectivity index (χ3n) is 3.39. The van der Waals surface area contributed by atoms with Gasteiger partial charge in [0.15, 0.2) is 11.5 Å². The second-order valence-corrected chi connectivity index (χ2v) is 5.01. The molecule has 2 rings (SSSR count). The molecular weight excluding hydrogens is 308 g/mol. The molecule has 2 amide bonds. The lowest BCUT2D eigenvalue weighted by molar-refractivity contribution is -0.120. The summed E-state index contributed by atoms with van der Waals surface area (Å²) in [6.45, 7) is 0.325. The Morgan fingerprint density at radius 1 is 0.917 bits per heavy atom. The predicted molar refractivity (Wildman–Crippen MR) is 90.2 cm³/mol. The average molecular weight is 328 g/mol. The van der Waals surface area contributed by atoms with Gasteiger partial charge in [0.25, 0.3) is 5.91 Å². The van der Waals surface area contributed by atoms with E-state index in [9.17, 15) is 9.59 Å². The highest BCUT2D eigenvalue weighted by atomic mass is 16.5. The zero-order valence-corrected chi connectivity index (χ0v) is 13.7. The van der Waals surface area contributed by atoms with E-state index in [-0.39, 0.29) is 18.4 Å². The maximum atomic E-state index is 12.1. The molecular formula is C18H20N2O4. The Morgan fingerprint density at radius 3 is 2.29 bits per heavy atom. The van der Waals surface area contributed by atoms with Gasteiger partial charge in [-0.3, -0.25) is 9.59 Å². The standard InChI is InChI=1S/C18H20N2O4/c1-23-15-9-8-14(10-16(15)24-2)18(22)20-12-17(21)19-11-13-6-4-3-5-7-13/h3-10H,11-12H2,1-2H3,(H,19,21)(H,20,22). The van der Waals surface area contributed by atoms with Gasteiger partial charge in [-0.05, 0) is 23.8 Å². The van der Waals surface area contributed by atoms with E-state index in [1.54, 1.807) is 18.2 Å². The van der Waals surface area contributed by atoms with Crippen molar-refractivity contribution in [1.82, 2.24) is 10.6 Å². The third kappa shape index (κ3) is 4.74. The molecule has 0 aromatic heterocycles.